The SMILES string of the molecule is COCC(N)CCNc1ncncc1Br. The summed E-state index contributed by atoms with van der Waals surface area (Å²) < 4.78 is 5.79. The number of hydrogen-bond donors (Lipinski definition) is 2. The predicted octanol–water partition coefficient (Wildman–Crippen LogP) is 1.01. The van der Waals surface area contributed by atoms with E-state index in [-0.39, 0.29) is 6.04 Å². The summed E-state index contributed by atoms with van der Waals surface area (Å²) in [7, 11) is 1.65. The lowest BCUT2D eigenvalue weighted by Gasteiger charge is -2.11. The van der Waals surface area contributed by atoms with Crippen molar-refractivity contribution in [3.05, 3.63) is 17.0 Å². The van der Waals surface area contributed by atoms with Gasteiger partial charge in [0.15, 0.2) is 0 Å². The van der Waals surface area contributed by atoms with Crippen molar-refractivity contribution < 1.29 is 4.74 Å². The topological polar surface area (TPSA) is 73.1 Å². The number of nitrogens with one attached hydrogen (secondary N) is 1. The fourth-order valence-corrected chi connectivity index (χ4v) is 1.48. The average molecular weight is 275 g/mol. The molecule has 5 nitrogen and oxygen atoms in total. The van der Waals surface area contributed by atoms with E-state index in [1.807, 2.05) is 0 Å². The molecule has 1 heterocycles. The van der Waals surface area contributed by atoms with Crippen LogP contribution in [0, 0.1) is 0 Å². The van der Waals surface area contributed by atoms with Crippen molar-refractivity contribution in [3.63, 3.8) is 0 Å². The molecule has 0 aromatic carbocycles. The zero-order chi connectivity index (χ0) is 11.1. The molecule has 0 aliphatic rings. The molecular formula is C9H15BrN4O. The minimum Gasteiger partial charge on any atom is -0.383 e. The van der Waals surface area contributed by atoms with Crippen LogP contribution < -0.4 is 11.1 Å². The molecule has 3 N–H and O–H groups in total. The van der Waals surface area contributed by atoms with E-state index in [0.717, 1.165) is 23.3 Å². The number of nitrogens with zero attached hydrogens (tertiary/aromatic N) is 2. The van der Waals surface area contributed by atoms with Crippen LogP contribution in [-0.4, -0.2) is 36.3 Å². The van der Waals surface area contributed by atoms with Crippen molar-refractivity contribution in [2.24, 2.45) is 5.73 Å². The Balaban J connectivity index is 2.29. The van der Waals surface area contributed by atoms with E-state index in [2.05, 4.69) is 31.2 Å². The van der Waals surface area contributed by atoms with Gasteiger partial charge in [-0.2, -0.15) is 0 Å². The number of anilines is 1. The molecule has 0 spiro atoms. The zero-order valence-corrected chi connectivity index (χ0v) is 10.2. The van der Waals surface area contributed by atoms with Gasteiger partial charge in [0.25, 0.3) is 0 Å². The van der Waals surface area contributed by atoms with Gasteiger partial charge in [0.2, 0.25) is 0 Å². The Morgan fingerprint density at radius 2 is 2.47 bits per heavy atom. The highest BCUT2D eigenvalue weighted by molar-refractivity contribution is 9.10. The minimum atomic E-state index is 0.0584. The number of nitrogens with two attached hydrogens (primary N) is 1. The molecule has 1 atom stereocenters. The molecule has 0 amide bonds. The van der Waals surface area contributed by atoms with Gasteiger partial charge in [-0.05, 0) is 22.4 Å². The Morgan fingerprint density at radius 1 is 1.67 bits per heavy atom. The lowest BCUT2D eigenvalue weighted by atomic mass is 10.2. The van der Waals surface area contributed by atoms with Crippen LogP contribution in [0.5, 0.6) is 0 Å². The van der Waals surface area contributed by atoms with Crippen molar-refractivity contribution in [1.82, 2.24) is 9.97 Å². The molecular weight excluding hydrogens is 260 g/mol. The van der Waals surface area contributed by atoms with E-state index < -0.39 is 0 Å². The second kappa shape index (κ2) is 6.71. The minimum absolute atomic E-state index is 0.0584. The third-order valence-corrected chi connectivity index (χ3v) is 2.44. The monoisotopic (exact) mass is 274 g/mol. The second-order valence-electron chi connectivity index (χ2n) is 3.15. The van der Waals surface area contributed by atoms with E-state index in [9.17, 15) is 0 Å². The van der Waals surface area contributed by atoms with Crippen LogP contribution in [0.1, 0.15) is 6.42 Å². The first-order valence-electron chi connectivity index (χ1n) is 4.68. The van der Waals surface area contributed by atoms with Crippen LogP contribution in [0.4, 0.5) is 5.82 Å². The molecule has 1 aromatic heterocycles. The molecule has 1 aromatic rings. The van der Waals surface area contributed by atoms with Crippen LogP contribution >= 0.6 is 15.9 Å². The third kappa shape index (κ3) is 4.55. The van der Waals surface area contributed by atoms with Gasteiger partial charge in [-0.25, -0.2) is 9.97 Å². The molecule has 0 bridgehead atoms. The summed E-state index contributed by atoms with van der Waals surface area (Å²) in [4.78, 5) is 7.95. The van der Waals surface area contributed by atoms with Gasteiger partial charge in [-0.1, -0.05) is 0 Å². The predicted molar refractivity (Wildman–Crippen MR) is 62.7 cm³/mol. The first-order valence-corrected chi connectivity index (χ1v) is 5.47. The summed E-state index contributed by atoms with van der Waals surface area (Å²) in [5.41, 5.74) is 5.78. The number of methoxy groups -OCH3 is 1. The highest BCUT2D eigenvalue weighted by Crippen LogP contribution is 2.16. The summed E-state index contributed by atoms with van der Waals surface area (Å²) in [6, 6.07) is 0.0584. The van der Waals surface area contributed by atoms with Gasteiger partial charge in [0, 0.05) is 25.9 Å². The standard InChI is InChI=1S/C9H15BrN4O/c1-15-5-7(11)2-3-13-9-8(10)4-12-6-14-9/h4,6-7H,2-3,5,11H2,1H3,(H,12,13,14). The van der Waals surface area contributed by atoms with E-state index in [1.165, 1.54) is 6.33 Å². The summed E-state index contributed by atoms with van der Waals surface area (Å²) >= 11 is 3.35. The van der Waals surface area contributed by atoms with Gasteiger partial charge in [0.1, 0.15) is 12.1 Å². The fraction of sp³-hybridized carbons (Fsp3) is 0.556. The van der Waals surface area contributed by atoms with Gasteiger partial charge in [-0.15, -0.1) is 0 Å². The van der Waals surface area contributed by atoms with Gasteiger partial charge >= 0.3 is 0 Å². The summed E-state index contributed by atoms with van der Waals surface area (Å²) in [6.45, 7) is 1.34. The van der Waals surface area contributed by atoms with E-state index >= 15 is 0 Å². The number of ether oxygens (including phenoxy) is 1. The van der Waals surface area contributed by atoms with Crippen LogP contribution in [0.25, 0.3) is 0 Å². The van der Waals surface area contributed by atoms with E-state index in [4.69, 9.17) is 10.5 Å². The summed E-state index contributed by atoms with van der Waals surface area (Å²) in [5, 5.41) is 3.17. The molecule has 6 heteroatoms. The molecule has 84 valence electrons. The average Bonchev–Trinajstić information content (AvgIpc) is 2.21. The highest BCUT2D eigenvalue weighted by Gasteiger charge is 2.03. The lowest BCUT2D eigenvalue weighted by molar-refractivity contribution is 0.178. The normalized spacial score (nSPS) is 12.5. The van der Waals surface area contributed by atoms with Gasteiger partial charge in [0.05, 0.1) is 11.1 Å². The number of rotatable bonds is 6. The smallest absolute Gasteiger partial charge is 0.143 e. The van der Waals surface area contributed by atoms with Crippen LogP contribution in [-0.2, 0) is 4.74 Å². The van der Waals surface area contributed by atoms with Crippen LogP contribution in [0.15, 0.2) is 17.0 Å². The molecule has 0 radical (unpaired) electrons. The Labute approximate surface area is 97.6 Å². The highest BCUT2D eigenvalue weighted by atomic mass is 79.9. The van der Waals surface area contributed by atoms with Crippen LogP contribution in [0.3, 0.4) is 0 Å². The quantitative estimate of drug-likeness (QED) is 0.810. The Kier molecular flexibility index (Phi) is 5.52. The lowest BCUT2D eigenvalue weighted by Crippen LogP contribution is -2.28. The molecule has 0 aliphatic heterocycles. The molecule has 1 unspecified atom stereocenters. The molecule has 0 saturated carbocycles. The summed E-state index contributed by atoms with van der Waals surface area (Å²) in [6.07, 6.45) is 4.04. The maximum atomic E-state index is 5.78. The fourth-order valence-electron chi connectivity index (χ4n) is 1.12. The van der Waals surface area contributed by atoms with Gasteiger partial charge in [-0.3, -0.25) is 0 Å². The van der Waals surface area contributed by atoms with E-state index in [1.54, 1.807) is 13.3 Å². The van der Waals surface area contributed by atoms with Crippen molar-refractivity contribution in [3.8, 4) is 0 Å². The first kappa shape index (κ1) is 12.4. The Hall–Kier alpha value is -0.720. The second-order valence-corrected chi connectivity index (χ2v) is 4.00. The van der Waals surface area contributed by atoms with Gasteiger partial charge < -0.3 is 15.8 Å². The van der Waals surface area contributed by atoms with Crippen molar-refractivity contribution in [1.29, 1.82) is 0 Å². The van der Waals surface area contributed by atoms with E-state index in [0.29, 0.717) is 6.61 Å². The molecule has 0 fully saturated rings. The first-order chi connectivity index (χ1) is 7.24. The molecule has 1 rings (SSSR count). The largest absolute Gasteiger partial charge is 0.383 e. The van der Waals surface area contributed by atoms with Crippen molar-refractivity contribution in [2.45, 2.75) is 12.5 Å². The van der Waals surface area contributed by atoms with Crippen molar-refractivity contribution >= 4 is 21.7 Å². The zero-order valence-electron chi connectivity index (χ0n) is 8.61. The molecule has 15 heavy (non-hydrogen) atoms. The number of hydrogen-bond acceptors (Lipinski definition) is 5. The number of aromatic nitrogens is 2. The maximum absolute atomic E-state index is 5.78. The Morgan fingerprint density at radius 3 is 3.13 bits per heavy atom. The molecule has 0 aliphatic carbocycles. The third-order valence-electron chi connectivity index (χ3n) is 1.86. The number of halogens is 1. The van der Waals surface area contributed by atoms with Crippen LogP contribution in [0.2, 0.25) is 0 Å². The maximum Gasteiger partial charge on any atom is 0.143 e. The van der Waals surface area contributed by atoms with Crippen molar-refractivity contribution in [2.75, 3.05) is 25.6 Å². The molecule has 0 saturated heterocycles. The Bertz CT molecular complexity index is 297. The summed E-state index contributed by atoms with van der Waals surface area (Å²) in [5.74, 6) is 0.787.